The molecule has 4 heteroatoms. The summed E-state index contributed by atoms with van der Waals surface area (Å²) < 4.78 is 0. The van der Waals surface area contributed by atoms with Crippen molar-refractivity contribution < 1.29 is 9.90 Å². The third kappa shape index (κ3) is 3.64. The molecule has 0 aliphatic rings. The van der Waals surface area contributed by atoms with Crippen LogP contribution in [0.15, 0.2) is 18.2 Å². The Bertz CT molecular complexity index is 410. The smallest absolute Gasteiger partial charge is 0.313 e. The van der Waals surface area contributed by atoms with Gasteiger partial charge in [0.1, 0.15) is 0 Å². The first-order valence-corrected chi connectivity index (χ1v) is 5.58. The van der Waals surface area contributed by atoms with Gasteiger partial charge in [0.15, 0.2) is 0 Å². The van der Waals surface area contributed by atoms with Crippen LogP contribution in [0.2, 0.25) is 0 Å². The summed E-state index contributed by atoms with van der Waals surface area (Å²) >= 11 is 1.36. The van der Waals surface area contributed by atoms with Crippen LogP contribution in [-0.4, -0.2) is 16.8 Å². The van der Waals surface area contributed by atoms with Crippen molar-refractivity contribution in [3.63, 3.8) is 0 Å². The zero-order valence-corrected chi connectivity index (χ0v) is 9.17. The Morgan fingerprint density at radius 3 is 2.87 bits per heavy atom. The highest BCUT2D eigenvalue weighted by Gasteiger charge is 2.02. The van der Waals surface area contributed by atoms with Gasteiger partial charge in [0.25, 0.3) is 0 Å². The van der Waals surface area contributed by atoms with Gasteiger partial charge in [-0.2, -0.15) is 5.26 Å². The van der Waals surface area contributed by atoms with Crippen molar-refractivity contribution in [2.75, 3.05) is 5.75 Å². The Morgan fingerprint density at radius 1 is 1.60 bits per heavy atom. The third-order valence-corrected chi connectivity index (χ3v) is 2.92. The molecule has 15 heavy (non-hydrogen) atoms. The Labute approximate surface area is 92.7 Å². The zero-order chi connectivity index (χ0) is 11.3. The molecule has 0 radical (unpaired) electrons. The number of aliphatic carboxylic acids is 1. The van der Waals surface area contributed by atoms with Crippen LogP contribution in [0.3, 0.4) is 0 Å². The zero-order valence-electron chi connectivity index (χ0n) is 8.36. The number of nitriles is 1. The quantitative estimate of drug-likeness (QED) is 0.846. The van der Waals surface area contributed by atoms with Gasteiger partial charge in [0.05, 0.1) is 17.4 Å². The topological polar surface area (TPSA) is 61.1 Å². The standard InChI is InChI=1S/C11H11NO2S/c1-8-4-9(5-12)2-3-10(8)6-15-7-11(13)14/h2-4H,6-7H2,1H3,(H,13,14). The lowest BCUT2D eigenvalue weighted by Crippen LogP contribution is -1.98. The number of carbonyl (C=O) groups is 1. The fourth-order valence-electron chi connectivity index (χ4n) is 1.18. The number of carboxylic acid groups (broad SMARTS) is 1. The van der Waals surface area contributed by atoms with Crippen molar-refractivity contribution in [3.8, 4) is 6.07 Å². The second-order valence-electron chi connectivity index (χ2n) is 3.14. The molecule has 0 bridgehead atoms. The summed E-state index contributed by atoms with van der Waals surface area (Å²) in [6.45, 7) is 1.93. The normalized spacial score (nSPS) is 9.60. The minimum atomic E-state index is -0.800. The van der Waals surface area contributed by atoms with E-state index in [1.807, 2.05) is 19.1 Å². The monoisotopic (exact) mass is 221 g/mol. The van der Waals surface area contributed by atoms with Gasteiger partial charge in [-0.1, -0.05) is 6.07 Å². The highest BCUT2D eigenvalue weighted by molar-refractivity contribution is 7.99. The lowest BCUT2D eigenvalue weighted by molar-refractivity contribution is -0.133. The molecule has 0 aromatic heterocycles. The first-order chi connectivity index (χ1) is 7.13. The maximum atomic E-state index is 10.3. The molecule has 78 valence electrons. The van der Waals surface area contributed by atoms with Crippen LogP contribution < -0.4 is 0 Å². The minimum Gasteiger partial charge on any atom is -0.481 e. The van der Waals surface area contributed by atoms with E-state index in [-0.39, 0.29) is 5.75 Å². The Hall–Kier alpha value is -1.47. The molecule has 0 aliphatic heterocycles. The van der Waals surface area contributed by atoms with Gasteiger partial charge < -0.3 is 5.11 Å². The average molecular weight is 221 g/mol. The molecule has 1 aromatic rings. The van der Waals surface area contributed by atoms with Crippen LogP contribution >= 0.6 is 11.8 Å². The van der Waals surface area contributed by atoms with E-state index in [1.165, 1.54) is 11.8 Å². The summed E-state index contributed by atoms with van der Waals surface area (Å²) in [4.78, 5) is 10.3. The van der Waals surface area contributed by atoms with E-state index in [1.54, 1.807) is 6.07 Å². The van der Waals surface area contributed by atoms with E-state index >= 15 is 0 Å². The van der Waals surface area contributed by atoms with Gasteiger partial charge in [-0.3, -0.25) is 4.79 Å². The van der Waals surface area contributed by atoms with Crippen molar-refractivity contribution in [1.29, 1.82) is 5.26 Å². The number of thioether (sulfide) groups is 1. The summed E-state index contributed by atoms with van der Waals surface area (Å²) in [5, 5.41) is 17.1. The molecular weight excluding hydrogens is 210 g/mol. The molecule has 0 unspecified atom stereocenters. The van der Waals surface area contributed by atoms with Gasteiger partial charge in [-0.15, -0.1) is 11.8 Å². The average Bonchev–Trinajstić information content (AvgIpc) is 2.20. The van der Waals surface area contributed by atoms with Gasteiger partial charge in [0, 0.05) is 5.75 Å². The molecule has 0 spiro atoms. The van der Waals surface area contributed by atoms with E-state index in [0.717, 1.165) is 11.1 Å². The van der Waals surface area contributed by atoms with Gasteiger partial charge in [-0.05, 0) is 30.2 Å². The van der Waals surface area contributed by atoms with Crippen LogP contribution in [-0.2, 0) is 10.5 Å². The Morgan fingerprint density at radius 2 is 2.33 bits per heavy atom. The predicted octanol–water partition coefficient (Wildman–Crippen LogP) is 2.18. The number of hydrogen-bond acceptors (Lipinski definition) is 3. The Balaban J connectivity index is 2.63. The number of benzene rings is 1. The van der Waals surface area contributed by atoms with E-state index in [2.05, 4.69) is 6.07 Å². The summed E-state index contributed by atoms with van der Waals surface area (Å²) in [6.07, 6.45) is 0. The van der Waals surface area contributed by atoms with Crippen molar-refractivity contribution >= 4 is 17.7 Å². The lowest BCUT2D eigenvalue weighted by Gasteiger charge is -2.04. The SMILES string of the molecule is Cc1cc(C#N)ccc1CSCC(=O)O. The summed E-state index contributed by atoms with van der Waals surface area (Å²) in [6, 6.07) is 7.52. The number of nitrogens with zero attached hydrogens (tertiary/aromatic N) is 1. The number of aryl methyl sites for hydroxylation is 1. The number of rotatable bonds is 4. The first kappa shape index (κ1) is 11.6. The van der Waals surface area contributed by atoms with E-state index < -0.39 is 5.97 Å². The second-order valence-corrected chi connectivity index (χ2v) is 4.13. The molecule has 1 aromatic carbocycles. The molecule has 0 aliphatic carbocycles. The van der Waals surface area contributed by atoms with Crippen molar-refractivity contribution in [1.82, 2.24) is 0 Å². The molecule has 0 heterocycles. The van der Waals surface area contributed by atoms with Gasteiger partial charge >= 0.3 is 5.97 Å². The molecule has 1 rings (SSSR count). The molecular formula is C11H11NO2S. The second kappa shape index (κ2) is 5.42. The van der Waals surface area contributed by atoms with Crippen molar-refractivity contribution in [2.24, 2.45) is 0 Å². The minimum absolute atomic E-state index is 0.111. The van der Waals surface area contributed by atoms with Crippen LogP contribution in [0.1, 0.15) is 16.7 Å². The lowest BCUT2D eigenvalue weighted by atomic mass is 10.1. The Kier molecular flexibility index (Phi) is 4.19. The van der Waals surface area contributed by atoms with Crippen molar-refractivity contribution in [2.45, 2.75) is 12.7 Å². The molecule has 0 fully saturated rings. The summed E-state index contributed by atoms with van der Waals surface area (Å²) in [5.41, 5.74) is 2.76. The van der Waals surface area contributed by atoms with E-state index in [9.17, 15) is 4.79 Å². The van der Waals surface area contributed by atoms with Gasteiger partial charge in [-0.25, -0.2) is 0 Å². The van der Waals surface area contributed by atoms with E-state index in [0.29, 0.717) is 11.3 Å². The maximum absolute atomic E-state index is 10.3. The fourth-order valence-corrected chi connectivity index (χ4v) is 2.00. The maximum Gasteiger partial charge on any atom is 0.313 e. The molecule has 0 amide bonds. The number of carboxylic acids is 1. The van der Waals surface area contributed by atoms with E-state index in [4.69, 9.17) is 10.4 Å². The van der Waals surface area contributed by atoms with Crippen LogP contribution in [0.4, 0.5) is 0 Å². The highest BCUT2D eigenvalue weighted by Crippen LogP contribution is 2.17. The largest absolute Gasteiger partial charge is 0.481 e. The summed E-state index contributed by atoms with van der Waals surface area (Å²) in [7, 11) is 0. The van der Waals surface area contributed by atoms with Crippen LogP contribution in [0.25, 0.3) is 0 Å². The van der Waals surface area contributed by atoms with Crippen LogP contribution in [0, 0.1) is 18.3 Å². The van der Waals surface area contributed by atoms with Crippen molar-refractivity contribution in [3.05, 3.63) is 34.9 Å². The molecule has 3 nitrogen and oxygen atoms in total. The first-order valence-electron chi connectivity index (χ1n) is 4.42. The van der Waals surface area contributed by atoms with Gasteiger partial charge in [0.2, 0.25) is 0 Å². The molecule has 1 N–H and O–H groups in total. The molecule has 0 saturated carbocycles. The highest BCUT2D eigenvalue weighted by atomic mass is 32.2. The predicted molar refractivity (Wildman–Crippen MR) is 59.7 cm³/mol. The molecule has 0 saturated heterocycles. The summed E-state index contributed by atoms with van der Waals surface area (Å²) in [5.74, 6) is -0.0187. The number of hydrogen-bond donors (Lipinski definition) is 1. The fraction of sp³-hybridized carbons (Fsp3) is 0.273. The van der Waals surface area contributed by atoms with Crippen LogP contribution in [0.5, 0.6) is 0 Å². The molecule has 0 atom stereocenters. The third-order valence-electron chi connectivity index (χ3n) is 1.95.